The van der Waals surface area contributed by atoms with Gasteiger partial charge in [-0.2, -0.15) is 8.42 Å². The van der Waals surface area contributed by atoms with Crippen LogP contribution in [0.3, 0.4) is 0 Å². The van der Waals surface area contributed by atoms with Gasteiger partial charge in [-0.25, -0.2) is 0 Å². The third-order valence-electron chi connectivity index (χ3n) is 3.38. The van der Waals surface area contributed by atoms with E-state index in [1.165, 1.54) is 12.1 Å². The molecule has 0 amide bonds. The maximum Gasteiger partial charge on any atom is 0.297 e. The van der Waals surface area contributed by atoms with Crippen LogP contribution in [0.4, 0.5) is 0 Å². The lowest BCUT2D eigenvalue weighted by Crippen LogP contribution is -2.14. The second kappa shape index (κ2) is 8.14. The lowest BCUT2D eigenvalue weighted by molar-refractivity contribution is 0.219. The highest BCUT2D eigenvalue weighted by atomic mass is 32.2. The van der Waals surface area contributed by atoms with Gasteiger partial charge in [-0.15, -0.1) is 0 Å². The molecule has 0 heterocycles. The first kappa shape index (κ1) is 18.3. The first-order chi connectivity index (χ1) is 11.5. The average molecular weight is 351 g/mol. The van der Waals surface area contributed by atoms with E-state index in [4.69, 9.17) is 19.4 Å². The van der Waals surface area contributed by atoms with E-state index >= 15 is 0 Å². The summed E-state index contributed by atoms with van der Waals surface area (Å²) < 4.78 is 39.8. The fourth-order valence-electron chi connectivity index (χ4n) is 2.05. The molecule has 0 saturated carbocycles. The molecule has 7 heteroatoms. The Morgan fingerprint density at radius 3 is 2.38 bits per heavy atom. The molecule has 24 heavy (non-hydrogen) atoms. The van der Waals surface area contributed by atoms with Crippen molar-refractivity contribution >= 4 is 10.1 Å². The largest absolute Gasteiger partial charge is 0.497 e. The van der Waals surface area contributed by atoms with E-state index in [1.807, 2.05) is 6.92 Å². The third-order valence-corrected chi connectivity index (χ3v) is 4.70. The molecule has 0 saturated heterocycles. The summed E-state index contributed by atoms with van der Waals surface area (Å²) in [6.45, 7) is 2.17. The molecule has 0 aromatic heterocycles. The highest BCUT2D eigenvalue weighted by molar-refractivity contribution is 7.86. The summed E-state index contributed by atoms with van der Waals surface area (Å²) in [7, 11) is -2.21. The van der Waals surface area contributed by atoms with Crippen molar-refractivity contribution in [1.82, 2.24) is 0 Å². The summed E-state index contributed by atoms with van der Waals surface area (Å²) in [5.74, 6) is 1.26. The molecular weight excluding hydrogens is 330 g/mol. The molecule has 0 aliphatic rings. The molecule has 0 unspecified atom stereocenters. The summed E-state index contributed by atoms with van der Waals surface area (Å²) in [6.07, 6.45) is 0. The van der Waals surface area contributed by atoms with E-state index < -0.39 is 10.1 Å². The summed E-state index contributed by atoms with van der Waals surface area (Å²) in [5.41, 5.74) is 7.42. The van der Waals surface area contributed by atoms with E-state index in [1.54, 1.807) is 37.4 Å². The first-order valence-corrected chi connectivity index (χ1v) is 8.83. The molecule has 0 radical (unpaired) electrons. The quantitative estimate of drug-likeness (QED) is 0.580. The van der Waals surface area contributed by atoms with Crippen molar-refractivity contribution in [2.75, 3.05) is 20.3 Å². The van der Waals surface area contributed by atoms with Crippen LogP contribution in [0.5, 0.6) is 11.5 Å². The number of aryl methyl sites for hydroxylation is 1. The van der Waals surface area contributed by atoms with Gasteiger partial charge < -0.3 is 15.2 Å². The van der Waals surface area contributed by atoms with E-state index in [0.717, 1.165) is 11.1 Å². The molecule has 130 valence electrons. The number of rotatable bonds is 8. The zero-order valence-electron chi connectivity index (χ0n) is 13.7. The maximum atomic E-state index is 12.0. The minimum absolute atomic E-state index is 0.0877. The van der Waals surface area contributed by atoms with Crippen molar-refractivity contribution in [3.8, 4) is 11.5 Å². The van der Waals surface area contributed by atoms with Gasteiger partial charge in [-0.3, -0.25) is 4.18 Å². The maximum absolute atomic E-state index is 12.0. The van der Waals surface area contributed by atoms with Crippen LogP contribution in [0.25, 0.3) is 0 Å². The molecule has 0 aliphatic carbocycles. The van der Waals surface area contributed by atoms with Gasteiger partial charge in [0.1, 0.15) is 24.7 Å². The number of nitrogens with two attached hydrogens (primary N) is 1. The second-order valence-electron chi connectivity index (χ2n) is 5.12. The van der Waals surface area contributed by atoms with Crippen molar-refractivity contribution in [2.45, 2.75) is 18.4 Å². The SMILES string of the molecule is COc1ccc(OCCOS(=O)(=O)c2ccc(C)cc2)c(CN)c1. The minimum Gasteiger partial charge on any atom is -0.497 e. The number of benzene rings is 2. The van der Waals surface area contributed by atoms with Crippen LogP contribution in [0.1, 0.15) is 11.1 Å². The van der Waals surface area contributed by atoms with Gasteiger partial charge in [0.25, 0.3) is 10.1 Å². The Morgan fingerprint density at radius 2 is 1.75 bits per heavy atom. The van der Waals surface area contributed by atoms with Gasteiger partial charge in [-0.1, -0.05) is 17.7 Å². The summed E-state index contributed by atoms with van der Waals surface area (Å²) in [4.78, 5) is 0.125. The number of hydrogen-bond acceptors (Lipinski definition) is 6. The number of ether oxygens (including phenoxy) is 2. The van der Waals surface area contributed by atoms with E-state index in [-0.39, 0.29) is 24.7 Å². The van der Waals surface area contributed by atoms with Crippen LogP contribution in [0.15, 0.2) is 47.4 Å². The summed E-state index contributed by atoms with van der Waals surface area (Å²) in [5, 5.41) is 0. The number of methoxy groups -OCH3 is 1. The van der Waals surface area contributed by atoms with E-state index in [0.29, 0.717) is 11.5 Å². The molecule has 0 aliphatic heterocycles. The Hall–Kier alpha value is -2.09. The predicted molar refractivity (Wildman–Crippen MR) is 90.7 cm³/mol. The van der Waals surface area contributed by atoms with Crippen LogP contribution in [0, 0.1) is 6.92 Å². The van der Waals surface area contributed by atoms with Crippen LogP contribution in [-0.2, 0) is 20.8 Å². The highest BCUT2D eigenvalue weighted by Gasteiger charge is 2.14. The van der Waals surface area contributed by atoms with E-state index in [9.17, 15) is 8.42 Å². The Morgan fingerprint density at radius 1 is 1.04 bits per heavy atom. The molecular formula is C17H21NO5S. The number of hydrogen-bond donors (Lipinski definition) is 1. The molecule has 0 fully saturated rings. The molecule has 0 spiro atoms. The fraction of sp³-hybridized carbons (Fsp3) is 0.294. The van der Waals surface area contributed by atoms with Crippen molar-refractivity contribution in [3.05, 3.63) is 53.6 Å². The molecule has 0 atom stereocenters. The van der Waals surface area contributed by atoms with E-state index in [2.05, 4.69) is 0 Å². The van der Waals surface area contributed by atoms with Crippen molar-refractivity contribution < 1.29 is 22.1 Å². The zero-order chi connectivity index (χ0) is 17.6. The van der Waals surface area contributed by atoms with Gasteiger partial charge in [0.05, 0.1) is 12.0 Å². The standard InChI is InChI=1S/C17H21NO5S/c1-13-3-6-16(7-4-13)24(19,20)23-10-9-22-17-8-5-15(21-2)11-14(17)12-18/h3-8,11H,9-10,12,18H2,1-2H3. The monoisotopic (exact) mass is 351 g/mol. The molecule has 2 rings (SSSR count). The molecule has 2 aromatic carbocycles. The lowest BCUT2D eigenvalue weighted by Gasteiger charge is -2.12. The predicted octanol–water partition coefficient (Wildman–Crippen LogP) is 2.25. The van der Waals surface area contributed by atoms with Crippen molar-refractivity contribution in [2.24, 2.45) is 5.73 Å². The Labute approximate surface area is 142 Å². The van der Waals surface area contributed by atoms with Gasteiger partial charge in [-0.05, 0) is 37.3 Å². The van der Waals surface area contributed by atoms with Gasteiger partial charge in [0, 0.05) is 12.1 Å². The third kappa shape index (κ3) is 4.70. The van der Waals surface area contributed by atoms with Crippen molar-refractivity contribution in [3.63, 3.8) is 0 Å². The highest BCUT2D eigenvalue weighted by Crippen LogP contribution is 2.23. The molecule has 0 bridgehead atoms. The fourth-order valence-corrected chi connectivity index (χ4v) is 2.94. The van der Waals surface area contributed by atoms with Crippen LogP contribution >= 0.6 is 0 Å². The van der Waals surface area contributed by atoms with Gasteiger partial charge >= 0.3 is 0 Å². The van der Waals surface area contributed by atoms with Gasteiger partial charge in [0.15, 0.2) is 0 Å². The molecule has 6 nitrogen and oxygen atoms in total. The first-order valence-electron chi connectivity index (χ1n) is 7.42. The average Bonchev–Trinajstić information content (AvgIpc) is 2.59. The Balaban J connectivity index is 1.92. The topological polar surface area (TPSA) is 87.9 Å². The molecule has 2 N–H and O–H groups in total. The second-order valence-corrected chi connectivity index (χ2v) is 6.73. The normalized spacial score (nSPS) is 11.3. The Kier molecular flexibility index (Phi) is 6.19. The lowest BCUT2D eigenvalue weighted by atomic mass is 10.2. The molecule has 2 aromatic rings. The van der Waals surface area contributed by atoms with Crippen molar-refractivity contribution in [1.29, 1.82) is 0 Å². The van der Waals surface area contributed by atoms with Crippen LogP contribution in [-0.4, -0.2) is 28.7 Å². The minimum atomic E-state index is -3.78. The van der Waals surface area contributed by atoms with Crippen LogP contribution in [0.2, 0.25) is 0 Å². The smallest absolute Gasteiger partial charge is 0.297 e. The zero-order valence-corrected chi connectivity index (χ0v) is 14.5. The van der Waals surface area contributed by atoms with Crippen LogP contribution < -0.4 is 15.2 Å². The van der Waals surface area contributed by atoms with Gasteiger partial charge in [0.2, 0.25) is 0 Å². The summed E-state index contributed by atoms with van der Waals surface area (Å²) in [6, 6.07) is 11.7. The summed E-state index contributed by atoms with van der Waals surface area (Å²) >= 11 is 0. The Bertz CT molecular complexity index is 772.